The molecule has 7 heteroatoms. The number of rotatable bonds is 7. The van der Waals surface area contributed by atoms with Crippen LogP contribution in [0.15, 0.2) is 41.3 Å². The molecule has 1 amide bonds. The maximum Gasteiger partial charge on any atom is 0.234 e. The monoisotopic (exact) mass is 367 g/mol. The summed E-state index contributed by atoms with van der Waals surface area (Å²) in [6, 6.07) is 7.37. The van der Waals surface area contributed by atoms with Gasteiger partial charge in [-0.15, -0.1) is 16.8 Å². The van der Waals surface area contributed by atoms with Crippen molar-refractivity contribution in [2.45, 2.75) is 24.1 Å². The third kappa shape index (κ3) is 5.06. The fraction of sp³-hybridized carbons (Fsp3) is 0.312. The van der Waals surface area contributed by atoms with E-state index in [-0.39, 0.29) is 17.7 Å². The lowest BCUT2D eigenvalue weighted by molar-refractivity contribution is -0.118. The number of aromatic nitrogens is 2. The zero-order chi connectivity index (χ0) is 16.8. The highest BCUT2D eigenvalue weighted by atomic mass is 35.5. The van der Waals surface area contributed by atoms with Crippen LogP contribution < -0.4 is 5.32 Å². The van der Waals surface area contributed by atoms with Crippen LogP contribution in [0.25, 0.3) is 0 Å². The molecule has 0 saturated heterocycles. The summed E-state index contributed by atoms with van der Waals surface area (Å²) < 4.78 is 0.813. The molecule has 0 aliphatic heterocycles. The summed E-state index contributed by atoms with van der Waals surface area (Å²) in [5.41, 5.74) is 0.938. The molecule has 1 atom stereocenters. The quantitative estimate of drug-likeness (QED) is 0.432. The van der Waals surface area contributed by atoms with Crippen molar-refractivity contribution in [1.82, 2.24) is 10.2 Å². The number of amides is 1. The topological polar surface area (TPSA) is 54.9 Å². The van der Waals surface area contributed by atoms with Gasteiger partial charge in [0.05, 0.1) is 5.92 Å². The van der Waals surface area contributed by atoms with Crippen molar-refractivity contribution in [3.63, 3.8) is 0 Å². The number of hydrogen-bond donors (Lipinski definition) is 1. The smallest absolute Gasteiger partial charge is 0.234 e. The van der Waals surface area contributed by atoms with Gasteiger partial charge in [0.25, 0.3) is 0 Å². The molecule has 0 fully saturated rings. The van der Waals surface area contributed by atoms with Gasteiger partial charge in [0, 0.05) is 10.8 Å². The summed E-state index contributed by atoms with van der Waals surface area (Å²) in [7, 11) is 0. The van der Waals surface area contributed by atoms with Gasteiger partial charge in [0.15, 0.2) is 4.34 Å². The summed E-state index contributed by atoms with van der Waals surface area (Å²) in [5.74, 6) is 0.569. The second kappa shape index (κ2) is 8.47. The zero-order valence-electron chi connectivity index (χ0n) is 13.0. The summed E-state index contributed by atoms with van der Waals surface area (Å²) in [4.78, 5) is 12.6. The molecule has 1 aromatic heterocycles. The zero-order valence-corrected chi connectivity index (χ0v) is 15.3. The Hall–Kier alpha value is -1.37. The van der Waals surface area contributed by atoms with Crippen LogP contribution >= 0.6 is 34.7 Å². The minimum absolute atomic E-state index is 0.0845. The first kappa shape index (κ1) is 18.0. The Bertz CT molecular complexity index is 670. The highest BCUT2D eigenvalue weighted by molar-refractivity contribution is 8.01. The van der Waals surface area contributed by atoms with E-state index in [1.807, 2.05) is 26.0 Å². The SMILES string of the molecule is C=CCSc1nnc(NC(=O)C(c2ccc(Cl)cc2)C(C)C)s1. The fourth-order valence-electron chi connectivity index (χ4n) is 2.14. The van der Waals surface area contributed by atoms with E-state index in [1.165, 1.54) is 11.3 Å². The predicted molar refractivity (Wildman–Crippen MR) is 98.5 cm³/mol. The lowest BCUT2D eigenvalue weighted by atomic mass is 9.88. The highest BCUT2D eigenvalue weighted by Gasteiger charge is 2.25. The van der Waals surface area contributed by atoms with E-state index >= 15 is 0 Å². The summed E-state index contributed by atoms with van der Waals surface area (Å²) in [6.45, 7) is 7.71. The molecule has 1 heterocycles. The van der Waals surface area contributed by atoms with Crippen LogP contribution in [0, 0.1) is 5.92 Å². The minimum atomic E-state index is -0.263. The number of carbonyl (C=O) groups is 1. The number of benzene rings is 1. The molecular formula is C16H18ClN3OS2. The molecule has 2 aromatic rings. The van der Waals surface area contributed by atoms with Gasteiger partial charge in [-0.05, 0) is 23.6 Å². The highest BCUT2D eigenvalue weighted by Crippen LogP contribution is 2.29. The molecular weight excluding hydrogens is 350 g/mol. The van der Waals surface area contributed by atoms with Crippen molar-refractivity contribution in [2.24, 2.45) is 5.92 Å². The molecule has 0 spiro atoms. The van der Waals surface area contributed by atoms with E-state index in [0.717, 1.165) is 15.7 Å². The van der Waals surface area contributed by atoms with Crippen molar-refractivity contribution < 1.29 is 4.79 Å². The van der Waals surface area contributed by atoms with Gasteiger partial charge in [0.2, 0.25) is 11.0 Å². The van der Waals surface area contributed by atoms with Gasteiger partial charge in [-0.25, -0.2) is 0 Å². The number of hydrogen-bond acceptors (Lipinski definition) is 5. The van der Waals surface area contributed by atoms with Gasteiger partial charge in [0.1, 0.15) is 0 Å². The molecule has 0 radical (unpaired) electrons. The second-order valence-electron chi connectivity index (χ2n) is 5.24. The average molecular weight is 368 g/mol. The van der Waals surface area contributed by atoms with Crippen LogP contribution in [0.1, 0.15) is 25.3 Å². The third-order valence-corrected chi connectivity index (χ3v) is 5.36. The van der Waals surface area contributed by atoms with E-state index in [4.69, 9.17) is 11.6 Å². The van der Waals surface area contributed by atoms with Crippen LogP contribution in [-0.4, -0.2) is 21.9 Å². The van der Waals surface area contributed by atoms with E-state index in [0.29, 0.717) is 10.2 Å². The number of thioether (sulfide) groups is 1. The molecule has 0 aliphatic carbocycles. The van der Waals surface area contributed by atoms with Gasteiger partial charge in [-0.1, -0.05) is 66.8 Å². The first-order valence-electron chi connectivity index (χ1n) is 7.14. The molecule has 122 valence electrons. The standard InChI is InChI=1S/C16H18ClN3OS2/c1-4-9-22-16-20-19-15(23-16)18-14(21)13(10(2)3)11-5-7-12(17)8-6-11/h4-8,10,13H,1,9H2,2-3H3,(H,18,19,21). The Morgan fingerprint density at radius 1 is 1.39 bits per heavy atom. The lowest BCUT2D eigenvalue weighted by Gasteiger charge is -2.20. The Morgan fingerprint density at radius 3 is 2.70 bits per heavy atom. The normalized spacial score (nSPS) is 12.2. The molecule has 4 nitrogen and oxygen atoms in total. The average Bonchev–Trinajstić information content (AvgIpc) is 2.94. The molecule has 1 aromatic carbocycles. The van der Waals surface area contributed by atoms with Crippen molar-refractivity contribution in [3.8, 4) is 0 Å². The van der Waals surface area contributed by atoms with Gasteiger partial charge >= 0.3 is 0 Å². The molecule has 1 unspecified atom stereocenters. The summed E-state index contributed by atoms with van der Waals surface area (Å²) in [5, 5.41) is 12.1. The van der Waals surface area contributed by atoms with Crippen molar-refractivity contribution >= 4 is 45.7 Å². The van der Waals surface area contributed by atoms with E-state index in [9.17, 15) is 4.79 Å². The number of nitrogens with zero attached hydrogens (tertiary/aromatic N) is 2. The molecule has 23 heavy (non-hydrogen) atoms. The van der Waals surface area contributed by atoms with Gasteiger partial charge < -0.3 is 0 Å². The molecule has 2 rings (SSSR count). The first-order chi connectivity index (χ1) is 11.0. The Morgan fingerprint density at radius 2 is 2.09 bits per heavy atom. The first-order valence-corrected chi connectivity index (χ1v) is 9.32. The minimum Gasteiger partial charge on any atom is -0.300 e. The summed E-state index contributed by atoms with van der Waals surface area (Å²) >= 11 is 8.83. The second-order valence-corrected chi connectivity index (χ2v) is 7.92. The third-order valence-electron chi connectivity index (χ3n) is 3.14. The van der Waals surface area contributed by atoms with Crippen LogP contribution in [0.3, 0.4) is 0 Å². The number of halogens is 1. The maximum atomic E-state index is 12.6. The molecule has 0 bridgehead atoms. The van der Waals surface area contributed by atoms with E-state index < -0.39 is 0 Å². The molecule has 1 N–H and O–H groups in total. The number of carbonyl (C=O) groups excluding carboxylic acids is 1. The van der Waals surface area contributed by atoms with Crippen LogP contribution in [0.5, 0.6) is 0 Å². The van der Waals surface area contributed by atoms with Crippen molar-refractivity contribution in [3.05, 3.63) is 47.5 Å². The molecule has 0 saturated carbocycles. The van der Waals surface area contributed by atoms with Crippen molar-refractivity contribution in [1.29, 1.82) is 0 Å². The van der Waals surface area contributed by atoms with Crippen molar-refractivity contribution in [2.75, 3.05) is 11.1 Å². The predicted octanol–water partition coefficient (Wildman–Crippen LogP) is 4.85. The summed E-state index contributed by atoms with van der Waals surface area (Å²) in [6.07, 6.45) is 1.81. The lowest BCUT2D eigenvalue weighted by Crippen LogP contribution is -2.25. The Kier molecular flexibility index (Phi) is 6.62. The Labute approximate surface area is 149 Å². The maximum absolute atomic E-state index is 12.6. The van der Waals surface area contributed by atoms with E-state index in [1.54, 1.807) is 30.0 Å². The van der Waals surface area contributed by atoms with Gasteiger partial charge in [-0.2, -0.15) is 0 Å². The van der Waals surface area contributed by atoms with Gasteiger partial charge in [-0.3, -0.25) is 10.1 Å². The van der Waals surface area contributed by atoms with Crippen LogP contribution in [-0.2, 0) is 4.79 Å². The van der Waals surface area contributed by atoms with Crippen LogP contribution in [0.2, 0.25) is 5.02 Å². The van der Waals surface area contributed by atoms with Crippen LogP contribution in [0.4, 0.5) is 5.13 Å². The molecule has 0 aliphatic rings. The number of nitrogens with one attached hydrogen (secondary N) is 1. The fourth-order valence-corrected chi connectivity index (χ4v) is 3.78. The number of anilines is 1. The Balaban J connectivity index is 2.10. The largest absolute Gasteiger partial charge is 0.300 e. The van der Waals surface area contributed by atoms with E-state index in [2.05, 4.69) is 22.1 Å².